The normalized spacial score (nSPS) is 11.9. The molecule has 2 amide bonds. The highest BCUT2D eigenvalue weighted by Gasteiger charge is 2.25. The molecule has 2 aromatic rings. The first-order chi connectivity index (χ1) is 11.9. The topological polar surface area (TPSA) is 58.2 Å². The number of hydrogen-bond acceptors (Lipinski definition) is 2. The fourth-order valence-electron chi connectivity index (χ4n) is 2.30. The monoisotopic (exact) mass is 362 g/mol. The molecule has 1 atom stereocenters. The molecule has 2 N–H and O–H groups in total. The van der Waals surface area contributed by atoms with Crippen molar-refractivity contribution in [3.63, 3.8) is 0 Å². The maximum atomic E-state index is 13.7. The van der Waals surface area contributed by atoms with E-state index in [0.717, 1.165) is 5.56 Å². The van der Waals surface area contributed by atoms with Gasteiger partial charge in [-0.15, -0.1) is 0 Å². The average molecular weight is 363 g/mol. The minimum Gasteiger partial charge on any atom is -0.350 e. The Balaban J connectivity index is 2.01. The molecule has 0 fully saturated rings. The summed E-state index contributed by atoms with van der Waals surface area (Å²) in [5.74, 6) is -1.71. The standard InChI is InChI=1S/C19H20ClFN2O2/c1-12(2)17(23-18(24)15-5-3-4-6-16(15)21)19(25)22-11-13-7-9-14(20)10-8-13/h3-10,12,17H,11H2,1-2H3,(H,22,25)(H,23,24). The van der Waals surface area contributed by atoms with Gasteiger partial charge >= 0.3 is 0 Å². The summed E-state index contributed by atoms with van der Waals surface area (Å²) in [5.41, 5.74) is 0.805. The summed E-state index contributed by atoms with van der Waals surface area (Å²) in [6.45, 7) is 3.94. The van der Waals surface area contributed by atoms with Crippen LogP contribution in [0, 0.1) is 11.7 Å². The number of amides is 2. The number of carbonyl (C=O) groups excluding carboxylic acids is 2. The second kappa shape index (κ2) is 8.62. The van der Waals surface area contributed by atoms with Crippen LogP contribution in [0.1, 0.15) is 29.8 Å². The van der Waals surface area contributed by atoms with Crippen molar-refractivity contribution < 1.29 is 14.0 Å². The van der Waals surface area contributed by atoms with Gasteiger partial charge in [0.05, 0.1) is 5.56 Å². The summed E-state index contributed by atoms with van der Waals surface area (Å²) in [6.07, 6.45) is 0. The molecule has 2 rings (SSSR count). The molecule has 2 aromatic carbocycles. The van der Waals surface area contributed by atoms with E-state index in [1.54, 1.807) is 18.2 Å². The lowest BCUT2D eigenvalue weighted by atomic mass is 10.0. The molecule has 0 spiro atoms. The Hall–Kier alpha value is -2.40. The third kappa shape index (κ3) is 5.29. The molecule has 0 aliphatic rings. The highest BCUT2D eigenvalue weighted by atomic mass is 35.5. The predicted molar refractivity (Wildman–Crippen MR) is 95.8 cm³/mol. The van der Waals surface area contributed by atoms with Crippen molar-refractivity contribution in [2.24, 2.45) is 5.92 Å². The highest BCUT2D eigenvalue weighted by Crippen LogP contribution is 2.11. The number of carbonyl (C=O) groups is 2. The van der Waals surface area contributed by atoms with E-state index < -0.39 is 17.8 Å². The first-order valence-corrected chi connectivity index (χ1v) is 8.34. The van der Waals surface area contributed by atoms with Gasteiger partial charge in [0.15, 0.2) is 0 Å². The van der Waals surface area contributed by atoms with Crippen molar-refractivity contribution in [2.75, 3.05) is 0 Å². The zero-order chi connectivity index (χ0) is 18.4. The summed E-state index contributed by atoms with van der Waals surface area (Å²) in [7, 11) is 0. The Morgan fingerprint density at radius 1 is 1.08 bits per heavy atom. The largest absolute Gasteiger partial charge is 0.350 e. The van der Waals surface area contributed by atoms with Crippen molar-refractivity contribution in [1.29, 1.82) is 0 Å². The smallest absolute Gasteiger partial charge is 0.254 e. The van der Waals surface area contributed by atoms with E-state index in [4.69, 9.17) is 11.6 Å². The predicted octanol–water partition coefficient (Wildman–Crippen LogP) is 3.55. The summed E-state index contributed by atoms with van der Waals surface area (Å²) in [5, 5.41) is 6.01. The molecular formula is C19H20ClFN2O2. The maximum Gasteiger partial charge on any atom is 0.254 e. The Kier molecular flexibility index (Phi) is 6.53. The average Bonchev–Trinajstić information content (AvgIpc) is 2.58. The van der Waals surface area contributed by atoms with Gasteiger partial charge in [0.25, 0.3) is 5.91 Å². The third-order valence-corrected chi connectivity index (χ3v) is 3.99. The number of halogens is 2. The van der Waals surface area contributed by atoms with Crippen LogP contribution in [0.4, 0.5) is 4.39 Å². The SMILES string of the molecule is CC(C)C(NC(=O)c1ccccc1F)C(=O)NCc1ccc(Cl)cc1. The summed E-state index contributed by atoms with van der Waals surface area (Å²) < 4.78 is 13.7. The molecule has 0 radical (unpaired) electrons. The van der Waals surface area contributed by atoms with E-state index in [2.05, 4.69) is 10.6 Å². The van der Waals surface area contributed by atoms with Crippen molar-refractivity contribution >= 4 is 23.4 Å². The fourth-order valence-corrected chi connectivity index (χ4v) is 2.43. The Labute approximate surface area is 151 Å². The maximum absolute atomic E-state index is 13.7. The molecule has 0 saturated carbocycles. The van der Waals surface area contributed by atoms with Gasteiger partial charge in [-0.1, -0.05) is 49.7 Å². The van der Waals surface area contributed by atoms with Crippen LogP contribution in [0.3, 0.4) is 0 Å². The van der Waals surface area contributed by atoms with Crippen LogP contribution in [0.5, 0.6) is 0 Å². The number of rotatable bonds is 6. The van der Waals surface area contributed by atoms with Crippen LogP contribution >= 0.6 is 11.6 Å². The van der Waals surface area contributed by atoms with E-state index in [0.29, 0.717) is 11.6 Å². The van der Waals surface area contributed by atoms with Crippen molar-refractivity contribution in [2.45, 2.75) is 26.4 Å². The van der Waals surface area contributed by atoms with Gasteiger partial charge in [0.2, 0.25) is 5.91 Å². The quantitative estimate of drug-likeness (QED) is 0.825. The second-order valence-corrected chi connectivity index (χ2v) is 6.46. The van der Waals surface area contributed by atoms with E-state index in [1.807, 2.05) is 26.0 Å². The van der Waals surface area contributed by atoms with E-state index >= 15 is 0 Å². The van der Waals surface area contributed by atoms with Crippen LogP contribution in [0.2, 0.25) is 5.02 Å². The lowest BCUT2D eigenvalue weighted by molar-refractivity contribution is -0.124. The molecule has 0 aliphatic carbocycles. The molecule has 1 unspecified atom stereocenters. The molecular weight excluding hydrogens is 343 g/mol. The van der Waals surface area contributed by atoms with Gasteiger partial charge < -0.3 is 10.6 Å². The lowest BCUT2D eigenvalue weighted by Crippen LogP contribution is -2.49. The minimum absolute atomic E-state index is 0.0846. The zero-order valence-electron chi connectivity index (χ0n) is 14.1. The molecule has 6 heteroatoms. The van der Waals surface area contributed by atoms with Crippen LogP contribution in [0.25, 0.3) is 0 Å². The van der Waals surface area contributed by atoms with E-state index in [1.165, 1.54) is 18.2 Å². The van der Waals surface area contributed by atoms with Crippen LogP contribution in [-0.2, 0) is 11.3 Å². The molecule has 132 valence electrons. The first-order valence-electron chi connectivity index (χ1n) is 7.96. The summed E-state index contributed by atoms with van der Waals surface area (Å²) in [6, 6.07) is 12.0. The van der Waals surface area contributed by atoms with Gasteiger partial charge in [-0.3, -0.25) is 9.59 Å². The van der Waals surface area contributed by atoms with Crippen LogP contribution < -0.4 is 10.6 Å². The van der Waals surface area contributed by atoms with Gasteiger partial charge in [0.1, 0.15) is 11.9 Å². The van der Waals surface area contributed by atoms with Gasteiger partial charge in [-0.05, 0) is 35.7 Å². The van der Waals surface area contributed by atoms with Gasteiger partial charge in [-0.2, -0.15) is 0 Å². The fraction of sp³-hybridized carbons (Fsp3) is 0.263. The molecule has 0 aromatic heterocycles. The number of hydrogen-bond donors (Lipinski definition) is 2. The van der Waals surface area contributed by atoms with Crippen molar-refractivity contribution in [3.8, 4) is 0 Å². The zero-order valence-corrected chi connectivity index (χ0v) is 14.8. The van der Waals surface area contributed by atoms with Crippen LogP contribution in [0.15, 0.2) is 48.5 Å². The molecule has 0 heterocycles. The minimum atomic E-state index is -0.764. The summed E-state index contributed by atoms with van der Waals surface area (Å²) >= 11 is 5.83. The highest BCUT2D eigenvalue weighted by molar-refractivity contribution is 6.30. The van der Waals surface area contributed by atoms with Gasteiger partial charge in [0, 0.05) is 11.6 Å². The molecule has 0 bridgehead atoms. The number of benzene rings is 2. The lowest BCUT2D eigenvalue weighted by Gasteiger charge is -2.22. The first kappa shape index (κ1) is 18.9. The Morgan fingerprint density at radius 3 is 2.32 bits per heavy atom. The van der Waals surface area contributed by atoms with Crippen molar-refractivity contribution in [1.82, 2.24) is 10.6 Å². The molecule has 25 heavy (non-hydrogen) atoms. The molecule has 0 aliphatic heterocycles. The summed E-state index contributed by atoms with van der Waals surface area (Å²) in [4.78, 5) is 24.7. The van der Waals surface area contributed by atoms with Crippen molar-refractivity contribution in [3.05, 3.63) is 70.5 Å². The molecule has 0 saturated heterocycles. The van der Waals surface area contributed by atoms with Gasteiger partial charge in [-0.25, -0.2) is 4.39 Å². The van der Waals surface area contributed by atoms with E-state index in [-0.39, 0.29) is 17.4 Å². The molecule has 4 nitrogen and oxygen atoms in total. The van der Waals surface area contributed by atoms with Crippen LogP contribution in [-0.4, -0.2) is 17.9 Å². The second-order valence-electron chi connectivity index (χ2n) is 6.02. The number of nitrogens with one attached hydrogen (secondary N) is 2. The third-order valence-electron chi connectivity index (χ3n) is 3.73. The van der Waals surface area contributed by atoms with E-state index in [9.17, 15) is 14.0 Å². The Bertz CT molecular complexity index is 747. The Morgan fingerprint density at radius 2 is 1.72 bits per heavy atom.